The predicted molar refractivity (Wildman–Crippen MR) is 74.7 cm³/mol. The maximum atomic E-state index is 4.51. The highest BCUT2D eigenvalue weighted by atomic mass is 32.2. The number of hydrogen-bond donors (Lipinski definition) is 1. The molecule has 0 aliphatic rings. The Balaban J connectivity index is 2.60. The molecule has 0 unspecified atom stereocenters. The molecule has 1 aromatic heterocycles. The minimum atomic E-state index is 0.0332. The zero-order chi connectivity index (χ0) is 12.4. The number of anilines is 1. The molecule has 0 atom stereocenters. The molecule has 0 bridgehead atoms. The molecule has 92 valence electrons. The second kappa shape index (κ2) is 4.92. The van der Waals surface area contributed by atoms with E-state index < -0.39 is 0 Å². The van der Waals surface area contributed by atoms with Gasteiger partial charge in [-0.3, -0.25) is 0 Å². The number of nitrogens with one attached hydrogen (secondary N) is 1. The first-order valence-corrected chi connectivity index (χ1v) is 7.38. The van der Waals surface area contributed by atoms with Gasteiger partial charge in [-0.05, 0) is 20.1 Å². The first kappa shape index (κ1) is 13.8. The van der Waals surface area contributed by atoms with Gasteiger partial charge < -0.3 is 5.32 Å². The summed E-state index contributed by atoms with van der Waals surface area (Å²) in [6, 6.07) is 0. The van der Waals surface area contributed by atoms with Crippen LogP contribution < -0.4 is 5.32 Å². The fourth-order valence-electron chi connectivity index (χ4n) is 0.961. The van der Waals surface area contributed by atoms with Crippen molar-refractivity contribution in [1.82, 2.24) is 9.36 Å². The van der Waals surface area contributed by atoms with E-state index in [0.717, 1.165) is 17.5 Å². The molecule has 1 heterocycles. The summed E-state index contributed by atoms with van der Waals surface area (Å²) in [5, 5.41) is 4.28. The standard InChI is InChI=1S/C11H21N3S2/c1-10(2,3)8-13-9(16-14-8)12-7-11(4,5)15-6/h7H2,1-6H3,(H,12,13,14). The Kier molecular flexibility index (Phi) is 4.23. The highest BCUT2D eigenvalue weighted by molar-refractivity contribution is 7.99. The SMILES string of the molecule is CSC(C)(C)CNc1nc(C(C)(C)C)ns1. The zero-order valence-corrected chi connectivity index (χ0v) is 12.6. The van der Waals surface area contributed by atoms with Crippen LogP contribution in [0.15, 0.2) is 0 Å². The van der Waals surface area contributed by atoms with E-state index in [2.05, 4.69) is 55.5 Å². The molecule has 3 nitrogen and oxygen atoms in total. The molecule has 0 saturated heterocycles. The molecule has 0 aliphatic carbocycles. The van der Waals surface area contributed by atoms with Gasteiger partial charge in [-0.25, -0.2) is 4.98 Å². The summed E-state index contributed by atoms with van der Waals surface area (Å²) in [7, 11) is 0. The van der Waals surface area contributed by atoms with E-state index in [-0.39, 0.29) is 10.2 Å². The van der Waals surface area contributed by atoms with Gasteiger partial charge in [0.15, 0.2) is 0 Å². The molecule has 1 rings (SSSR count). The first-order chi connectivity index (χ1) is 7.24. The number of thioether (sulfide) groups is 1. The maximum absolute atomic E-state index is 4.51. The summed E-state index contributed by atoms with van der Waals surface area (Å²) in [6.07, 6.45) is 2.13. The molecule has 0 aliphatic heterocycles. The van der Waals surface area contributed by atoms with Gasteiger partial charge in [-0.1, -0.05) is 20.8 Å². The normalized spacial score (nSPS) is 12.9. The number of aromatic nitrogens is 2. The first-order valence-electron chi connectivity index (χ1n) is 5.38. The van der Waals surface area contributed by atoms with E-state index in [4.69, 9.17) is 0 Å². The van der Waals surface area contributed by atoms with Crippen LogP contribution in [0.4, 0.5) is 5.13 Å². The number of rotatable bonds is 4. The molecule has 0 aromatic carbocycles. The molecule has 1 N–H and O–H groups in total. The fourth-order valence-corrected chi connectivity index (χ4v) is 1.93. The van der Waals surface area contributed by atoms with Crippen LogP contribution in [0.1, 0.15) is 40.4 Å². The highest BCUT2D eigenvalue weighted by Crippen LogP contribution is 2.25. The Labute approximate surface area is 107 Å². The summed E-state index contributed by atoms with van der Waals surface area (Å²) >= 11 is 3.30. The van der Waals surface area contributed by atoms with Crippen molar-refractivity contribution in [2.75, 3.05) is 18.1 Å². The van der Waals surface area contributed by atoms with E-state index in [1.165, 1.54) is 11.5 Å². The molecular weight excluding hydrogens is 238 g/mol. The lowest BCUT2D eigenvalue weighted by atomic mass is 9.96. The Bertz CT molecular complexity index is 339. The second-order valence-corrected chi connectivity index (χ2v) is 7.76. The predicted octanol–water partition coefficient (Wildman–Crippen LogP) is 3.39. The van der Waals surface area contributed by atoms with E-state index in [1.807, 2.05) is 11.8 Å². The number of nitrogens with zero attached hydrogens (tertiary/aromatic N) is 2. The molecule has 0 spiro atoms. The van der Waals surface area contributed by atoms with E-state index in [1.54, 1.807) is 0 Å². The topological polar surface area (TPSA) is 37.8 Å². The molecule has 0 radical (unpaired) electrons. The molecular formula is C11H21N3S2. The number of hydrogen-bond acceptors (Lipinski definition) is 5. The van der Waals surface area contributed by atoms with Crippen molar-refractivity contribution in [3.05, 3.63) is 5.82 Å². The van der Waals surface area contributed by atoms with Gasteiger partial charge in [0.1, 0.15) is 5.82 Å². The van der Waals surface area contributed by atoms with Crippen molar-refractivity contribution in [1.29, 1.82) is 0 Å². The summed E-state index contributed by atoms with van der Waals surface area (Å²) < 4.78 is 4.60. The van der Waals surface area contributed by atoms with Crippen LogP contribution in [0.2, 0.25) is 0 Å². The van der Waals surface area contributed by atoms with Crippen molar-refractivity contribution >= 4 is 28.4 Å². The third-order valence-corrected chi connectivity index (χ3v) is 4.24. The van der Waals surface area contributed by atoms with E-state index in [9.17, 15) is 0 Å². The molecule has 1 aromatic rings. The molecule has 0 saturated carbocycles. The zero-order valence-electron chi connectivity index (χ0n) is 10.9. The van der Waals surface area contributed by atoms with Gasteiger partial charge in [0, 0.05) is 28.2 Å². The van der Waals surface area contributed by atoms with Gasteiger partial charge >= 0.3 is 0 Å². The van der Waals surface area contributed by atoms with Gasteiger partial charge in [0.25, 0.3) is 0 Å². The Hall–Kier alpha value is -0.290. The fraction of sp³-hybridized carbons (Fsp3) is 0.818. The van der Waals surface area contributed by atoms with Gasteiger partial charge in [-0.2, -0.15) is 16.1 Å². The third kappa shape index (κ3) is 3.94. The van der Waals surface area contributed by atoms with Crippen molar-refractivity contribution in [2.45, 2.75) is 44.8 Å². The molecule has 0 amide bonds. The van der Waals surface area contributed by atoms with Gasteiger partial charge in [-0.15, -0.1) is 0 Å². The smallest absolute Gasteiger partial charge is 0.202 e. The van der Waals surface area contributed by atoms with Crippen LogP contribution >= 0.6 is 23.3 Å². The van der Waals surface area contributed by atoms with Crippen LogP contribution in [0.25, 0.3) is 0 Å². The van der Waals surface area contributed by atoms with Crippen molar-refractivity contribution in [3.63, 3.8) is 0 Å². The second-order valence-electron chi connectivity index (χ2n) is 5.49. The highest BCUT2D eigenvalue weighted by Gasteiger charge is 2.21. The molecule has 0 fully saturated rings. The van der Waals surface area contributed by atoms with Crippen molar-refractivity contribution < 1.29 is 0 Å². The Morgan fingerprint density at radius 3 is 2.31 bits per heavy atom. The third-order valence-electron chi connectivity index (χ3n) is 2.31. The Morgan fingerprint density at radius 1 is 1.25 bits per heavy atom. The van der Waals surface area contributed by atoms with Crippen molar-refractivity contribution in [3.8, 4) is 0 Å². The van der Waals surface area contributed by atoms with E-state index in [0.29, 0.717) is 0 Å². The quantitative estimate of drug-likeness (QED) is 0.899. The molecule has 16 heavy (non-hydrogen) atoms. The summed E-state index contributed by atoms with van der Waals surface area (Å²) in [5.74, 6) is 0.918. The molecule has 5 heteroatoms. The average molecular weight is 259 g/mol. The minimum Gasteiger partial charge on any atom is -0.359 e. The maximum Gasteiger partial charge on any atom is 0.202 e. The lowest BCUT2D eigenvalue weighted by Gasteiger charge is -2.21. The Morgan fingerprint density at radius 2 is 1.88 bits per heavy atom. The monoisotopic (exact) mass is 259 g/mol. The van der Waals surface area contributed by atoms with Crippen LogP contribution in [-0.2, 0) is 5.41 Å². The lowest BCUT2D eigenvalue weighted by molar-refractivity contribution is 0.555. The lowest BCUT2D eigenvalue weighted by Crippen LogP contribution is -2.25. The van der Waals surface area contributed by atoms with Crippen LogP contribution in [0.5, 0.6) is 0 Å². The van der Waals surface area contributed by atoms with Gasteiger partial charge in [0.05, 0.1) is 0 Å². The summed E-state index contributed by atoms with van der Waals surface area (Å²) in [5.41, 5.74) is 0.0332. The van der Waals surface area contributed by atoms with Crippen LogP contribution in [0.3, 0.4) is 0 Å². The van der Waals surface area contributed by atoms with Crippen molar-refractivity contribution in [2.24, 2.45) is 0 Å². The van der Waals surface area contributed by atoms with Crippen LogP contribution in [-0.4, -0.2) is 26.9 Å². The average Bonchev–Trinajstić information content (AvgIpc) is 2.63. The van der Waals surface area contributed by atoms with Gasteiger partial charge in [0.2, 0.25) is 5.13 Å². The largest absolute Gasteiger partial charge is 0.359 e. The van der Waals surface area contributed by atoms with Crippen LogP contribution in [0, 0.1) is 0 Å². The minimum absolute atomic E-state index is 0.0332. The van der Waals surface area contributed by atoms with E-state index >= 15 is 0 Å². The summed E-state index contributed by atoms with van der Waals surface area (Å²) in [4.78, 5) is 4.51. The summed E-state index contributed by atoms with van der Waals surface area (Å²) in [6.45, 7) is 11.7.